The number of rotatable bonds is 6. The van der Waals surface area contributed by atoms with Crippen LogP contribution in [0.3, 0.4) is 0 Å². The Morgan fingerprint density at radius 1 is 1.02 bits per heavy atom. The van der Waals surface area contributed by atoms with Crippen LogP contribution >= 0.6 is 11.6 Å². The molecule has 216 valence electrons. The van der Waals surface area contributed by atoms with Crippen molar-refractivity contribution in [2.45, 2.75) is 24.0 Å². The van der Waals surface area contributed by atoms with E-state index in [1.165, 1.54) is 28.8 Å². The molecule has 0 fully saturated rings. The van der Waals surface area contributed by atoms with Crippen LogP contribution < -0.4 is 4.72 Å². The minimum atomic E-state index is -4.89. The average Bonchev–Trinajstić information content (AvgIpc) is 3.23. The molecule has 0 radical (unpaired) electrons. The maximum absolute atomic E-state index is 14.7. The molecule has 1 aliphatic rings. The lowest BCUT2D eigenvalue weighted by atomic mass is 9.93. The van der Waals surface area contributed by atoms with Gasteiger partial charge < -0.3 is 4.57 Å². The Hall–Kier alpha value is -4.29. The molecule has 0 spiro atoms. The highest BCUT2D eigenvalue weighted by Gasteiger charge is 2.34. The second-order valence-electron chi connectivity index (χ2n) is 9.30. The van der Waals surface area contributed by atoms with E-state index in [0.29, 0.717) is 12.1 Å². The van der Waals surface area contributed by atoms with Gasteiger partial charge >= 0.3 is 6.18 Å². The fourth-order valence-electron chi connectivity index (χ4n) is 4.67. The molecule has 1 N–H and O–H groups in total. The lowest BCUT2D eigenvalue weighted by Gasteiger charge is -2.15. The first kappa shape index (κ1) is 29.2. The highest BCUT2D eigenvalue weighted by atomic mass is 35.5. The molecule has 1 heterocycles. The smallest absolute Gasteiger partial charge is 0.331 e. The summed E-state index contributed by atoms with van der Waals surface area (Å²) in [4.78, 5) is 25.9. The number of ketones is 1. The van der Waals surface area contributed by atoms with E-state index in [1.54, 1.807) is 16.9 Å². The van der Waals surface area contributed by atoms with Crippen molar-refractivity contribution in [2.24, 2.45) is 0 Å². The van der Waals surface area contributed by atoms with Crippen LogP contribution in [0.4, 0.5) is 22.0 Å². The van der Waals surface area contributed by atoms with Crippen LogP contribution in [-0.2, 0) is 27.5 Å². The van der Waals surface area contributed by atoms with Gasteiger partial charge in [0.25, 0.3) is 15.9 Å². The van der Waals surface area contributed by atoms with Crippen LogP contribution in [-0.4, -0.2) is 24.7 Å². The number of benzene rings is 3. The maximum atomic E-state index is 14.7. The van der Waals surface area contributed by atoms with Crippen molar-refractivity contribution in [3.05, 3.63) is 118 Å². The number of sulfonamides is 1. The first-order chi connectivity index (χ1) is 19.8. The van der Waals surface area contributed by atoms with Crippen LogP contribution in [0, 0.1) is 11.6 Å². The number of hydrogen-bond acceptors (Lipinski definition) is 4. The average molecular weight is 621 g/mol. The van der Waals surface area contributed by atoms with E-state index in [9.17, 15) is 40.0 Å². The van der Waals surface area contributed by atoms with Gasteiger partial charge in [-0.2, -0.15) is 13.2 Å². The van der Waals surface area contributed by atoms with Crippen molar-refractivity contribution in [1.82, 2.24) is 9.29 Å². The van der Waals surface area contributed by atoms with Gasteiger partial charge in [-0.05, 0) is 54.6 Å². The zero-order valence-electron chi connectivity index (χ0n) is 21.2. The van der Waals surface area contributed by atoms with E-state index >= 15 is 0 Å². The minimum absolute atomic E-state index is 0.0184. The number of aromatic nitrogens is 1. The van der Waals surface area contributed by atoms with Crippen molar-refractivity contribution < 1.29 is 40.0 Å². The van der Waals surface area contributed by atoms with E-state index in [2.05, 4.69) is 0 Å². The molecule has 0 bridgehead atoms. The van der Waals surface area contributed by atoms with Gasteiger partial charge in [-0.1, -0.05) is 35.9 Å². The first-order valence-electron chi connectivity index (χ1n) is 12.2. The summed E-state index contributed by atoms with van der Waals surface area (Å²) in [6.45, 7) is -0.481. The maximum Gasteiger partial charge on any atom is 0.416 e. The first-order valence-corrected chi connectivity index (χ1v) is 14.0. The largest absolute Gasteiger partial charge is 0.416 e. The summed E-state index contributed by atoms with van der Waals surface area (Å²) < 4.78 is 97.8. The number of carbonyl (C=O) groups is 2. The van der Waals surface area contributed by atoms with Crippen LogP contribution in [0.5, 0.6) is 0 Å². The Morgan fingerprint density at radius 2 is 1.79 bits per heavy atom. The lowest BCUT2D eigenvalue weighted by Crippen LogP contribution is -2.33. The Bertz CT molecular complexity index is 1950. The van der Waals surface area contributed by atoms with E-state index < -0.39 is 62.2 Å². The molecule has 1 aliphatic carbocycles. The summed E-state index contributed by atoms with van der Waals surface area (Å²) in [5.41, 5.74) is -1.68. The summed E-state index contributed by atoms with van der Waals surface area (Å²) in [6.07, 6.45) is -0.367. The van der Waals surface area contributed by atoms with Crippen LogP contribution in [0.2, 0.25) is 5.02 Å². The number of alkyl halides is 3. The Kier molecular flexibility index (Phi) is 7.54. The summed E-state index contributed by atoms with van der Waals surface area (Å²) in [6, 6.07) is 9.78. The molecule has 42 heavy (non-hydrogen) atoms. The molecule has 1 amide bonds. The van der Waals surface area contributed by atoms with Crippen LogP contribution in [0.25, 0.3) is 16.5 Å². The summed E-state index contributed by atoms with van der Waals surface area (Å²) in [7, 11) is -4.89. The predicted molar refractivity (Wildman–Crippen MR) is 145 cm³/mol. The monoisotopic (exact) mass is 620 g/mol. The highest BCUT2D eigenvalue weighted by molar-refractivity contribution is 7.90. The summed E-state index contributed by atoms with van der Waals surface area (Å²) >= 11 is 6.23. The number of fused-ring (bicyclic) bond motifs is 1. The van der Waals surface area contributed by atoms with Gasteiger partial charge in [0.1, 0.15) is 17.3 Å². The van der Waals surface area contributed by atoms with Gasteiger partial charge in [0, 0.05) is 39.0 Å². The van der Waals surface area contributed by atoms with Gasteiger partial charge in [0.2, 0.25) is 0 Å². The molecule has 0 saturated carbocycles. The third-order valence-electron chi connectivity index (χ3n) is 6.55. The van der Waals surface area contributed by atoms with E-state index in [4.69, 9.17) is 11.6 Å². The molecule has 0 aliphatic heterocycles. The molecule has 0 saturated heterocycles. The van der Waals surface area contributed by atoms with Gasteiger partial charge in [-0.25, -0.2) is 21.9 Å². The Morgan fingerprint density at radius 3 is 2.50 bits per heavy atom. The molecular formula is C29H18ClF5N2O4S. The number of nitrogens with one attached hydrogen (secondary N) is 1. The van der Waals surface area contributed by atoms with Crippen LogP contribution in [0.1, 0.15) is 33.6 Å². The Balaban J connectivity index is 1.73. The molecule has 4 aromatic rings. The number of amides is 1. The zero-order chi connectivity index (χ0) is 30.4. The normalized spacial score (nSPS) is 13.9. The Labute approximate surface area is 240 Å². The number of nitrogens with zero attached hydrogens (tertiary/aromatic N) is 1. The zero-order valence-corrected chi connectivity index (χ0v) is 22.7. The molecule has 3 aromatic carbocycles. The van der Waals surface area contributed by atoms with Crippen molar-refractivity contribution >= 4 is 49.8 Å². The van der Waals surface area contributed by atoms with Gasteiger partial charge in [-0.15, -0.1) is 0 Å². The second kappa shape index (κ2) is 10.8. The van der Waals surface area contributed by atoms with Gasteiger partial charge in [-0.3, -0.25) is 9.59 Å². The van der Waals surface area contributed by atoms with Crippen molar-refractivity contribution in [2.75, 3.05) is 0 Å². The number of halogens is 6. The van der Waals surface area contributed by atoms with Crippen molar-refractivity contribution in [3.8, 4) is 0 Å². The standard InChI is InChI=1S/C29H18ClF5N2O4S/c30-18-8-11-24-22(14-18)26(21-6-1-2-7-25(21)38)27(37(24)15-16-12-19(31)9-10-23(16)32)28(39)36-42(40,41)20-5-3-4-17(13-20)29(33,34)35/h1-6,8-14H,7,15H2,(H,36,39). The quantitative estimate of drug-likeness (QED) is 0.244. The summed E-state index contributed by atoms with van der Waals surface area (Å²) in [5.74, 6) is -3.36. The lowest BCUT2D eigenvalue weighted by molar-refractivity contribution is -0.137. The minimum Gasteiger partial charge on any atom is -0.331 e. The number of hydrogen-bond donors (Lipinski definition) is 1. The molecule has 13 heteroatoms. The third kappa shape index (κ3) is 5.59. The molecule has 5 rings (SSSR count). The van der Waals surface area contributed by atoms with Crippen molar-refractivity contribution in [1.29, 1.82) is 0 Å². The van der Waals surface area contributed by atoms with Gasteiger partial charge in [0.05, 0.1) is 17.0 Å². The molecule has 1 aromatic heterocycles. The van der Waals surface area contributed by atoms with Crippen LogP contribution in [0.15, 0.2) is 83.8 Å². The van der Waals surface area contributed by atoms with E-state index in [0.717, 1.165) is 30.3 Å². The number of Topliss-reactive ketones (excluding diaryl/α,β-unsaturated/α-hetero) is 1. The predicted octanol–water partition coefficient (Wildman–Crippen LogP) is 6.67. The number of carbonyl (C=O) groups excluding carboxylic acids is 2. The number of allylic oxidation sites excluding steroid dienone is 4. The molecule has 0 atom stereocenters. The highest BCUT2D eigenvalue weighted by Crippen LogP contribution is 2.37. The van der Waals surface area contributed by atoms with Crippen molar-refractivity contribution in [3.63, 3.8) is 0 Å². The third-order valence-corrected chi connectivity index (χ3v) is 8.11. The van der Waals surface area contributed by atoms with Gasteiger partial charge in [0.15, 0.2) is 5.78 Å². The summed E-state index contributed by atoms with van der Waals surface area (Å²) in [5, 5.41) is 0.427. The second-order valence-corrected chi connectivity index (χ2v) is 11.4. The molecular weight excluding hydrogens is 603 g/mol. The fourth-order valence-corrected chi connectivity index (χ4v) is 5.84. The van der Waals surface area contributed by atoms with E-state index in [1.807, 2.05) is 0 Å². The SMILES string of the molecule is O=C1CC=CC=C1c1c(C(=O)NS(=O)(=O)c2cccc(C(F)(F)F)c2)n(Cc2cc(F)ccc2F)c2ccc(Cl)cc12. The molecule has 6 nitrogen and oxygen atoms in total. The topological polar surface area (TPSA) is 85.2 Å². The van der Waals surface area contributed by atoms with E-state index in [-0.39, 0.29) is 39.0 Å². The molecule has 0 unspecified atom stereocenters. The fraction of sp³-hybridized carbons (Fsp3) is 0.103.